The molecule has 0 unspecified atom stereocenters. The highest BCUT2D eigenvalue weighted by Gasteiger charge is 2.18. The molecule has 0 radical (unpaired) electrons. The number of ether oxygens (including phenoxy) is 1. The average molecular weight is 469 g/mol. The van der Waals surface area contributed by atoms with Crippen LogP contribution in [-0.4, -0.2) is 23.3 Å². The summed E-state index contributed by atoms with van der Waals surface area (Å²) in [4.78, 5) is 29.2. The summed E-state index contributed by atoms with van der Waals surface area (Å²) in [5, 5.41) is 2.89. The highest BCUT2D eigenvalue weighted by atomic mass is 35.5. The largest absolute Gasteiger partial charge is 0.483 e. The van der Waals surface area contributed by atoms with Gasteiger partial charge in [0, 0.05) is 27.9 Å². The molecular formula is C24H15ClF2N2O4. The third-order valence-electron chi connectivity index (χ3n) is 4.52. The Morgan fingerprint density at radius 1 is 1.00 bits per heavy atom. The molecule has 33 heavy (non-hydrogen) atoms. The molecule has 0 aliphatic carbocycles. The maximum absolute atomic E-state index is 13.5. The van der Waals surface area contributed by atoms with Crippen molar-refractivity contribution >= 4 is 29.0 Å². The predicted octanol–water partition coefficient (Wildman–Crippen LogP) is 5.52. The van der Waals surface area contributed by atoms with Crippen LogP contribution in [-0.2, 0) is 4.79 Å². The fraction of sp³-hybridized carbons (Fsp3) is 0.0417. The lowest BCUT2D eigenvalue weighted by Crippen LogP contribution is -2.21. The Kier molecular flexibility index (Phi) is 6.46. The van der Waals surface area contributed by atoms with Crippen LogP contribution in [0.15, 0.2) is 77.5 Å². The van der Waals surface area contributed by atoms with Crippen LogP contribution in [0.1, 0.15) is 15.9 Å². The maximum atomic E-state index is 13.5. The number of aromatic nitrogens is 1. The quantitative estimate of drug-likeness (QED) is 0.361. The van der Waals surface area contributed by atoms with Crippen LogP contribution >= 0.6 is 11.6 Å². The first-order chi connectivity index (χ1) is 15.9. The molecule has 1 heterocycles. The van der Waals surface area contributed by atoms with Gasteiger partial charge in [-0.3, -0.25) is 9.59 Å². The summed E-state index contributed by atoms with van der Waals surface area (Å²) in [6.07, 6.45) is 2.99. The number of ketones is 1. The number of carbonyl (C=O) groups excluding carboxylic acids is 2. The monoisotopic (exact) mass is 468 g/mol. The van der Waals surface area contributed by atoms with Gasteiger partial charge in [0.2, 0.25) is 5.89 Å². The summed E-state index contributed by atoms with van der Waals surface area (Å²) in [6, 6.07) is 13.5. The second-order valence-electron chi connectivity index (χ2n) is 6.88. The van der Waals surface area contributed by atoms with E-state index in [2.05, 4.69) is 10.3 Å². The van der Waals surface area contributed by atoms with Crippen LogP contribution in [0.25, 0.3) is 11.5 Å². The molecule has 0 saturated carbocycles. The average Bonchev–Trinajstić information content (AvgIpc) is 3.32. The molecule has 1 amide bonds. The second-order valence-corrected chi connectivity index (χ2v) is 7.32. The Morgan fingerprint density at radius 2 is 1.73 bits per heavy atom. The smallest absolute Gasteiger partial charge is 0.262 e. The lowest BCUT2D eigenvalue weighted by atomic mass is 10.0. The van der Waals surface area contributed by atoms with Gasteiger partial charge in [0.05, 0.1) is 11.8 Å². The third kappa shape index (κ3) is 5.42. The van der Waals surface area contributed by atoms with Crippen molar-refractivity contribution in [3.8, 4) is 17.2 Å². The topological polar surface area (TPSA) is 81.4 Å². The highest BCUT2D eigenvalue weighted by Crippen LogP contribution is 2.26. The first-order valence-electron chi connectivity index (χ1n) is 9.62. The number of halogens is 3. The summed E-state index contributed by atoms with van der Waals surface area (Å²) in [5.41, 5.74) is 1.01. The number of benzene rings is 3. The van der Waals surface area contributed by atoms with Crippen molar-refractivity contribution in [1.29, 1.82) is 0 Å². The molecule has 0 spiro atoms. The number of nitrogens with zero attached hydrogens (tertiary/aromatic N) is 1. The zero-order valence-electron chi connectivity index (χ0n) is 16.8. The van der Waals surface area contributed by atoms with Gasteiger partial charge >= 0.3 is 0 Å². The van der Waals surface area contributed by atoms with Crippen LogP contribution < -0.4 is 10.1 Å². The zero-order valence-corrected chi connectivity index (χ0v) is 17.6. The Hall–Kier alpha value is -4.04. The van der Waals surface area contributed by atoms with Gasteiger partial charge in [-0.2, -0.15) is 0 Å². The van der Waals surface area contributed by atoms with E-state index in [1.807, 2.05) is 0 Å². The molecule has 0 bridgehead atoms. The normalized spacial score (nSPS) is 10.6. The Labute approximate surface area is 191 Å². The van der Waals surface area contributed by atoms with Gasteiger partial charge in [-0.15, -0.1) is 0 Å². The van der Waals surface area contributed by atoms with Crippen LogP contribution in [0.5, 0.6) is 5.75 Å². The fourth-order valence-electron chi connectivity index (χ4n) is 3.05. The summed E-state index contributed by atoms with van der Waals surface area (Å²) < 4.78 is 37.8. The molecule has 0 atom stereocenters. The molecule has 9 heteroatoms. The van der Waals surface area contributed by atoms with Crippen molar-refractivity contribution in [3.05, 3.63) is 101 Å². The van der Waals surface area contributed by atoms with Gasteiger partial charge in [0.15, 0.2) is 12.4 Å². The molecule has 4 rings (SSSR count). The number of oxazole rings is 1. The summed E-state index contributed by atoms with van der Waals surface area (Å²) in [5.74, 6) is -2.47. The van der Waals surface area contributed by atoms with Gasteiger partial charge in [-0.1, -0.05) is 11.6 Å². The number of carbonyl (C=O) groups is 2. The molecule has 1 aromatic heterocycles. The minimum absolute atomic E-state index is 0.0319. The van der Waals surface area contributed by atoms with Gasteiger partial charge < -0.3 is 14.5 Å². The van der Waals surface area contributed by atoms with Crippen molar-refractivity contribution in [2.24, 2.45) is 0 Å². The summed E-state index contributed by atoms with van der Waals surface area (Å²) in [7, 11) is 0. The molecule has 0 fully saturated rings. The number of rotatable bonds is 7. The highest BCUT2D eigenvalue weighted by molar-refractivity contribution is 6.31. The number of hydrogen-bond donors (Lipinski definition) is 1. The van der Waals surface area contributed by atoms with Gasteiger partial charge in [0.25, 0.3) is 5.91 Å². The van der Waals surface area contributed by atoms with Crippen LogP contribution in [0.3, 0.4) is 0 Å². The Balaban J connectivity index is 1.45. The van der Waals surface area contributed by atoms with Gasteiger partial charge in [-0.25, -0.2) is 13.8 Å². The summed E-state index contributed by atoms with van der Waals surface area (Å²) >= 11 is 5.98. The zero-order chi connectivity index (χ0) is 23.4. The lowest BCUT2D eigenvalue weighted by Gasteiger charge is -2.12. The van der Waals surface area contributed by atoms with Crippen molar-refractivity contribution in [3.63, 3.8) is 0 Å². The standard InChI is InChI=1S/C24H15ClF2N2O4/c25-16-3-6-21(20(11-16)23(31)15-9-17(26)12-18(27)10-15)33-13-22(30)29-19-4-1-14(2-5-19)24-28-7-8-32-24/h1-12H,13H2,(H,29,30). The van der Waals surface area contributed by atoms with E-state index in [4.69, 9.17) is 20.8 Å². The van der Waals surface area contributed by atoms with Crippen molar-refractivity contribution < 1.29 is 27.5 Å². The number of nitrogens with one attached hydrogen (secondary N) is 1. The minimum Gasteiger partial charge on any atom is -0.483 e. The Bertz CT molecular complexity index is 1290. The van der Waals surface area contributed by atoms with Crippen molar-refractivity contribution in [2.45, 2.75) is 0 Å². The van der Waals surface area contributed by atoms with E-state index in [0.717, 1.165) is 17.7 Å². The molecular weight excluding hydrogens is 454 g/mol. The number of anilines is 1. The van der Waals surface area contributed by atoms with Gasteiger partial charge in [0.1, 0.15) is 23.6 Å². The van der Waals surface area contributed by atoms with E-state index >= 15 is 0 Å². The second kappa shape index (κ2) is 9.62. The van der Waals surface area contributed by atoms with Crippen LogP contribution in [0.4, 0.5) is 14.5 Å². The van der Waals surface area contributed by atoms with Gasteiger partial charge in [-0.05, 0) is 54.6 Å². The summed E-state index contributed by atoms with van der Waals surface area (Å²) in [6.45, 7) is -0.416. The lowest BCUT2D eigenvalue weighted by molar-refractivity contribution is -0.118. The predicted molar refractivity (Wildman–Crippen MR) is 117 cm³/mol. The van der Waals surface area contributed by atoms with Crippen LogP contribution in [0, 0.1) is 11.6 Å². The number of amides is 1. The molecule has 0 aliphatic rings. The van der Waals surface area contributed by atoms with E-state index in [1.54, 1.807) is 24.3 Å². The SMILES string of the molecule is O=C(COc1ccc(Cl)cc1C(=O)c1cc(F)cc(F)c1)Nc1ccc(-c2ncco2)cc1. The Morgan fingerprint density at radius 3 is 2.39 bits per heavy atom. The van der Waals surface area contributed by atoms with Crippen molar-refractivity contribution in [1.82, 2.24) is 4.98 Å². The maximum Gasteiger partial charge on any atom is 0.262 e. The third-order valence-corrected chi connectivity index (χ3v) is 4.75. The fourth-order valence-corrected chi connectivity index (χ4v) is 3.22. The van der Waals surface area contributed by atoms with Crippen LogP contribution in [0.2, 0.25) is 5.02 Å². The van der Waals surface area contributed by atoms with E-state index in [0.29, 0.717) is 17.6 Å². The number of hydrogen-bond acceptors (Lipinski definition) is 5. The molecule has 6 nitrogen and oxygen atoms in total. The molecule has 4 aromatic rings. The van der Waals surface area contributed by atoms with E-state index in [1.165, 1.54) is 30.7 Å². The first kappa shape index (κ1) is 22.2. The molecule has 0 aliphatic heterocycles. The molecule has 0 saturated heterocycles. The van der Waals surface area contributed by atoms with E-state index in [9.17, 15) is 18.4 Å². The first-order valence-corrected chi connectivity index (χ1v) is 10.00. The molecule has 166 valence electrons. The van der Waals surface area contributed by atoms with E-state index < -0.39 is 29.9 Å². The molecule has 3 aromatic carbocycles. The van der Waals surface area contributed by atoms with Crippen molar-refractivity contribution in [2.75, 3.05) is 11.9 Å². The van der Waals surface area contributed by atoms with E-state index in [-0.39, 0.29) is 21.9 Å². The molecule has 1 N–H and O–H groups in total. The minimum atomic E-state index is -0.893.